The van der Waals surface area contributed by atoms with E-state index in [2.05, 4.69) is 0 Å². The summed E-state index contributed by atoms with van der Waals surface area (Å²) in [6, 6.07) is 10.7. The Morgan fingerprint density at radius 1 is 0.889 bits per heavy atom. The normalized spacial score (nSPS) is 14.2. The van der Waals surface area contributed by atoms with E-state index in [0.717, 1.165) is 12.1 Å². The molecule has 0 aromatic heterocycles. The highest BCUT2D eigenvalue weighted by Gasteiger charge is 2.33. The maximum absolute atomic E-state index is 14.9. The molecule has 0 saturated heterocycles. The highest BCUT2D eigenvalue weighted by molar-refractivity contribution is 5.37. The molecule has 0 amide bonds. The molecule has 2 N–H and O–H groups in total. The molecular formula is C14H12F3N. The molecule has 0 aliphatic heterocycles. The first kappa shape index (κ1) is 12.6. The molecule has 0 aliphatic rings. The van der Waals surface area contributed by atoms with Crippen LogP contribution in [0.25, 0.3) is 0 Å². The fourth-order valence-electron chi connectivity index (χ4n) is 1.89. The lowest BCUT2D eigenvalue weighted by Gasteiger charge is -2.24. The summed E-state index contributed by atoms with van der Waals surface area (Å²) < 4.78 is 41.2. The van der Waals surface area contributed by atoms with Gasteiger partial charge in [0.25, 0.3) is 0 Å². The largest absolute Gasteiger partial charge is 0.327 e. The van der Waals surface area contributed by atoms with Gasteiger partial charge in [0.05, 0.1) is 0 Å². The number of hydrogen-bond donors (Lipinski definition) is 1. The van der Waals surface area contributed by atoms with Crippen molar-refractivity contribution < 1.29 is 13.2 Å². The van der Waals surface area contributed by atoms with Crippen LogP contribution in [0.2, 0.25) is 0 Å². The summed E-state index contributed by atoms with van der Waals surface area (Å²) in [5, 5.41) is 0. The lowest BCUT2D eigenvalue weighted by Crippen LogP contribution is -2.31. The van der Waals surface area contributed by atoms with E-state index in [1.54, 1.807) is 18.2 Å². The second kappa shape index (κ2) is 4.82. The molecule has 0 aliphatic carbocycles. The van der Waals surface area contributed by atoms with Crippen molar-refractivity contribution >= 4 is 0 Å². The monoisotopic (exact) mass is 251 g/mol. The molecule has 0 spiro atoms. The van der Waals surface area contributed by atoms with E-state index < -0.39 is 17.3 Å². The van der Waals surface area contributed by atoms with Crippen molar-refractivity contribution in [3.05, 3.63) is 71.3 Å². The highest BCUT2D eigenvalue weighted by atomic mass is 19.1. The predicted octanol–water partition coefficient (Wildman–Crippen LogP) is 3.14. The summed E-state index contributed by atoms with van der Waals surface area (Å²) in [6.07, 6.45) is 0. The van der Waals surface area contributed by atoms with Gasteiger partial charge in [0.1, 0.15) is 11.6 Å². The molecule has 0 heterocycles. The molecule has 0 radical (unpaired) electrons. The van der Waals surface area contributed by atoms with Crippen molar-refractivity contribution in [2.75, 3.05) is 6.54 Å². The van der Waals surface area contributed by atoms with Crippen molar-refractivity contribution in [2.24, 2.45) is 5.73 Å². The third-order valence-corrected chi connectivity index (χ3v) is 2.83. The van der Waals surface area contributed by atoms with E-state index in [1.165, 1.54) is 12.1 Å². The first-order valence-electron chi connectivity index (χ1n) is 5.47. The van der Waals surface area contributed by atoms with Crippen LogP contribution in [0.1, 0.15) is 11.1 Å². The molecule has 1 nitrogen and oxygen atoms in total. The van der Waals surface area contributed by atoms with Crippen molar-refractivity contribution in [3.63, 3.8) is 0 Å². The van der Waals surface area contributed by atoms with Crippen LogP contribution in [0, 0.1) is 11.6 Å². The van der Waals surface area contributed by atoms with Crippen LogP contribution in [0.15, 0.2) is 48.5 Å². The summed E-state index contributed by atoms with van der Waals surface area (Å²) >= 11 is 0. The Morgan fingerprint density at radius 3 is 1.94 bits per heavy atom. The molecule has 0 fully saturated rings. The van der Waals surface area contributed by atoms with Crippen LogP contribution in [-0.4, -0.2) is 6.54 Å². The average Bonchev–Trinajstić information content (AvgIpc) is 2.37. The fourth-order valence-corrected chi connectivity index (χ4v) is 1.89. The molecule has 2 aromatic carbocycles. The van der Waals surface area contributed by atoms with Gasteiger partial charge in [-0.1, -0.05) is 30.3 Å². The molecule has 4 heteroatoms. The minimum absolute atomic E-state index is 0.117. The zero-order valence-electron chi connectivity index (χ0n) is 9.54. The molecule has 1 unspecified atom stereocenters. The summed E-state index contributed by atoms with van der Waals surface area (Å²) in [4.78, 5) is 0. The van der Waals surface area contributed by atoms with Crippen LogP contribution in [0.4, 0.5) is 13.2 Å². The van der Waals surface area contributed by atoms with Gasteiger partial charge in [-0.2, -0.15) is 0 Å². The van der Waals surface area contributed by atoms with Crippen LogP contribution in [0.3, 0.4) is 0 Å². The van der Waals surface area contributed by atoms with Gasteiger partial charge in [-0.25, -0.2) is 13.2 Å². The Balaban J connectivity index is 2.56. The Kier molecular flexibility index (Phi) is 3.39. The molecule has 94 valence electrons. The first-order chi connectivity index (χ1) is 8.56. The third-order valence-electron chi connectivity index (χ3n) is 2.83. The van der Waals surface area contributed by atoms with E-state index in [0.29, 0.717) is 6.07 Å². The van der Waals surface area contributed by atoms with Crippen LogP contribution in [0.5, 0.6) is 0 Å². The minimum atomic E-state index is -2.09. The van der Waals surface area contributed by atoms with E-state index in [-0.39, 0.29) is 17.7 Å². The molecule has 2 rings (SSSR count). The Bertz CT molecular complexity index is 522. The van der Waals surface area contributed by atoms with Gasteiger partial charge >= 0.3 is 0 Å². The fraction of sp³-hybridized carbons (Fsp3) is 0.143. The van der Waals surface area contributed by atoms with E-state index >= 15 is 0 Å². The van der Waals surface area contributed by atoms with Crippen molar-refractivity contribution in [3.8, 4) is 0 Å². The maximum Gasteiger partial charge on any atom is 0.173 e. The topological polar surface area (TPSA) is 26.0 Å². The molecule has 0 bridgehead atoms. The van der Waals surface area contributed by atoms with Gasteiger partial charge in [-0.05, 0) is 17.7 Å². The van der Waals surface area contributed by atoms with Gasteiger partial charge in [0.2, 0.25) is 0 Å². The van der Waals surface area contributed by atoms with Crippen molar-refractivity contribution in [2.45, 2.75) is 5.67 Å². The number of nitrogens with two attached hydrogens (primary N) is 1. The number of halogens is 3. The Labute approximate surface area is 103 Å². The number of benzene rings is 2. The summed E-state index contributed by atoms with van der Waals surface area (Å²) in [5.41, 5.74) is 3.52. The second-order valence-electron chi connectivity index (χ2n) is 4.03. The third kappa shape index (κ3) is 2.24. The zero-order valence-corrected chi connectivity index (χ0v) is 9.54. The van der Waals surface area contributed by atoms with Gasteiger partial charge < -0.3 is 5.73 Å². The van der Waals surface area contributed by atoms with Crippen LogP contribution >= 0.6 is 0 Å². The van der Waals surface area contributed by atoms with Gasteiger partial charge in [0.15, 0.2) is 5.67 Å². The molecule has 1 atom stereocenters. The Hall–Kier alpha value is -1.81. The molecule has 2 aromatic rings. The zero-order chi connectivity index (χ0) is 13.2. The van der Waals surface area contributed by atoms with Crippen molar-refractivity contribution in [1.29, 1.82) is 0 Å². The smallest absolute Gasteiger partial charge is 0.173 e. The summed E-state index contributed by atoms with van der Waals surface area (Å²) in [5.74, 6) is -1.65. The van der Waals surface area contributed by atoms with E-state index in [9.17, 15) is 13.2 Å². The van der Waals surface area contributed by atoms with Gasteiger partial charge in [-0.3, -0.25) is 0 Å². The van der Waals surface area contributed by atoms with Crippen LogP contribution in [-0.2, 0) is 5.67 Å². The molecule has 0 saturated carbocycles. The summed E-state index contributed by atoms with van der Waals surface area (Å²) in [7, 11) is 0. The standard InChI is InChI=1S/C14H12F3N/c15-12-6-11(7-13(16)8-12)14(17,9-18)10-4-2-1-3-5-10/h1-8H,9,18H2. The van der Waals surface area contributed by atoms with Crippen LogP contribution < -0.4 is 5.73 Å². The van der Waals surface area contributed by atoms with E-state index in [4.69, 9.17) is 5.73 Å². The number of rotatable bonds is 3. The lowest BCUT2D eigenvalue weighted by atomic mass is 9.88. The maximum atomic E-state index is 14.9. The van der Waals surface area contributed by atoms with Gasteiger partial charge in [0, 0.05) is 18.2 Å². The number of alkyl halides is 1. The van der Waals surface area contributed by atoms with Crippen molar-refractivity contribution in [1.82, 2.24) is 0 Å². The number of hydrogen-bond acceptors (Lipinski definition) is 1. The first-order valence-corrected chi connectivity index (χ1v) is 5.47. The minimum Gasteiger partial charge on any atom is -0.327 e. The van der Waals surface area contributed by atoms with Gasteiger partial charge in [-0.15, -0.1) is 0 Å². The molecular weight excluding hydrogens is 239 g/mol. The second-order valence-corrected chi connectivity index (χ2v) is 4.03. The quantitative estimate of drug-likeness (QED) is 0.891. The predicted molar refractivity (Wildman–Crippen MR) is 63.7 cm³/mol. The Morgan fingerprint density at radius 2 is 1.44 bits per heavy atom. The summed E-state index contributed by atoms with van der Waals surface area (Å²) in [6.45, 7) is -0.389. The average molecular weight is 251 g/mol. The molecule has 18 heavy (non-hydrogen) atoms. The van der Waals surface area contributed by atoms with E-state index in [1.807, 2.05) is 0 Å². The lowest BCUT2D eigenvalue weighted by molar-refractivity contribution is 0.231. The SMILES string of the molecule is NCC(F)(c1ccccc1)c1cc(F)cc(F)c1. The highest BCUT2D eigenvalue weighted by Crippen LogP contribution is 2.33.